The van der Waals surface area contributed by atoms with Gasteiger partial charge in [0.05, 0.1) is 17.7 Å². The van der Waals surface area contributed by atoms with Gasteiger partial charge in [-0.05, 0) is 25.0 Å². The van der Waals surface area contributed by atoms with Gasteiger partial charge in [0.2, 0.25) is 5.91 Å². The van der Waals surface area contributed by atoms with Gasteiger partial charge in [-0.3, -0.25) is 9.59 Å². The van der Waals surface area contributed by atoms with Gasteiger partial charge < -0.3 is 14.4 Å². The minimum atomic E-state index is -0.888. The second-order valence-electron chi connectivity index (χ2n) is 6.26. The predicted molar refractivity (Wildman–Crippen MR) is 87.1 cm³/mol. The van der Waals surface area contributed by atoms with Crippen LogP contribution >= 0.6 is 0 Å². The predicted octanol–water partition coefficient (Wildman–Crippen LogP) is 2.88. The fourth-order valence-corrected chi connectivity index (χ4v) is 3.02. The number of carboxylic acids is 1. The second-order valence-corrected chi connectivity index (χ2v) is 6.26. The highest BCUT2D eigenvalue weighted by Crippen LogP contribution is 2.25. The molecule has 0 aliphatic carbocycles. The summed E-state index contributed by atoms with van der Waals surface area (Å²) in [5.74, 6) is -2.58. The average Bonchev–Trinajstić information content (AvgIpc) is 3.08. The molecular weight excluding hydrogens is 346 g/mol. The highest BCUT2D eigenvalue weighted by molar-refractivity contribution is 5.78. The fourth-order valence-electron chi connectivity index (χ4n) is 3.02. The highest BCUT2D eigenvalue weighted by Gasteiger charge is 2.28. The number of aliphatic carboxylic acids is 1. The van der Waals surface area contributed by atoms with E-state index < -0.39 is 23.5 Å². The van der Waals surface area contributed by atoms with Crippen molar-refractivity contribution in [3.63, 3.8) is 0 Å². The van der Waals surface area contributed by atoms with E-state index >= 15 is 0 Å². The molecule has 8 heteroatoms. The van der Waals surface area contributed by atoms with Crippen LogP contribution in [0.1, 0.15) is 25.2 Å². The molecule has 2 heterocycles. The molecule has 0 bridgehead atoms. The Kier molecular flexibility index (Phi) is 5.29. The first-order chi connectivity index (χ1) is 12.4. The van der Waals surface area contributed by atoms with Gasteiger partial charge in [0.1, 0.15) is 11.6 Å². The molecule has 0 saturated carbocycles. The summed E-state index contributed by atoms with van der Waals surface area (Å²) in [6, 6.07) is 3.15. The Bertz CT molecular complexity index is 821. The van der Waals surface area contributed by atoms with E-state index in [0.717, 1.165) is 12.1 Å². The summed E-state index contributed by atoms with van der Waals surface area (Å²) in [5, 5.41) is 9.08. The minimum absolute atomic E-state index is 0.0943. The Hall–Kier alpha value is -2.77. The lowest BCUT2D eigenvalue weighted by Crippen LogP contribution is -2.42. The Morgan fingerprint density at radius 1 is 1.35 bits per heavy atom. The lowest BCUT2D eigenvalue weighted by molar-refractivity contribution is -0.145. The number of nitrogens with zero attached hydrogens (tertiary/aromatic N) is 2. The molecule has 2 aromatic rings. The monoisotopic (exact) mass is 364 g/mol. The third-order valence-electron chi connectivity index (χ3n) is 4.43. The van der Waals surface area contributed by atoms with Crippen molar-refractivity contribution < 1.29 is 27.9 Å². The van der Waals surface area contributed by atoms with Crippen molar-refractivity contribution in [3.8, 4) is 11.3 Å². The Morgan fingerprint density at radius 3 is 2.88 bits per heavy atom. The van der Waals surface area contributed by atoms with Crippen molar-refractivity contribution in [2.45, 2.75) is 25.7 Å². The number of carbonyl (C=O) groups is 2. The summed E-state index contributed by atoms with van der Waals surface area (Å²) in [7, 11) is 0. The lowest BCUT2D eigenvalue weighted by Gasteiger charge is -2.30. The van der Waals surface area contributed by atoms with Crippen LogP contribution in [0.25, 0.3) is 11.3 Å². The number of carboxylic acid groups (broad SMARTS) is 1. The summed E-state index contributed by atoms with van der Waals surface area (Å²) in [5.41, 5.74) is 0.0943. The quantitative estimate of drug-likeness (QED) is 0.882. The van der Waals surface area contributed by atoms with Crippen molar-refractivity contribution in [2.75, 3.05) is 13.1 Å². The number of aromatic nitrogens is 1. The van der Waals surface area contributed by atoms with E-state index in [-0.39, 0.29) is 42.5 Å². The zero-order valence-corrected chi connectivity index (χ0v) is 14.0. The SMILES string of the molecule is O=C(O)[C@H]1CCCN(C(=O)CCc2ncc(-c3ccc(F)cc3F)o2)C1. The molecular formula is C18H18F2N2O4. The van der Waals surface area contributed by atoms with Gasteiger partial charge >= 0.3 is 5.97 Å². The van der Waals surface area contributed by atoms with Gasteiger partial charge in [0.15, 0.2) is 11.7 Å². The molecule has 0 radical (unpaired) electrons. The molecule has 0 unspecified atom stereocenters. The molecule has 1 amide bonds. The van der Waals surface area contributed by atoms with Gasteiger partial charge in [-0.25, -0.2) is 13.8 Å². The molecule has 1 fully saturated rings. The van der Waals surface area contributed by atoms with Crippen LogP contribution in [0.3, 0.4) is 0 Å². The first kappa shape index (κ1) is 18.0. The average molecular weight is 364 g/mol. The topological polar surface area (TPSA) is 83.6 Å². The van der Waals surface area contributed by atoms with Crippen LogP contribution in [-0.4, -0.2) is 40.0 Å². The van der Waals surface area contributed by atoms with E-state index in [1.165, 1.54) is 12.3 Å². The molecule has 138 valence electrons. The first-order valence-electron chi connectivity index (χ1n) is 8.34. The van der Waals surface area contributed by atoms with Gasteiger partial charge in [0, 0.05) is 32.0 Å². The van der Waals surface area contributed by atoms with Gasteiger partial charge in [0.25, 0.3) is 0 Å². The second kappa shape index (κ2) is 7.63. The van der Waals surface area contributed by atoms with Crippen LogP contribution < -0.4 is 0 Å². The highest BCUT2D eigenvalue weighted by atomic mass is 19.1. The molecule has 1 aromatic heterocycles. The zero-order chi connectivity index (χ0) is 18.7. The number of amides is 1. The van der Waals surface area contributed by atoms with Crippen LogP contribution in [0.15, 0.2) is 28.8 Å². The summed E-state index contributed by atoms with van der Waals surface area (Å²) >= 11 is 0. The van der Waals surface area contributed by atoms with E-state index in [1.54, 1.807) is 4.90 Å². The van der Waals surface area contributed by atoms with Crippen molar-refractivity contribution in [2.24, 2.45) is 5.92 Å². The van der Waals surface area contributed by atoms with E-state index in [2.05, 4.69) is 4.98 Å². The number of hydrogen-bond donors (Lipinski definition) is 1. The van der Waals surface area contributed by atoms with Gasteiger partial charge in [-0.2, -0.15) is 0 Å². The summed E-state index contributed by atoms with van der Waals surface area (Å²) < 4.78 is 32.2. The molecule has 0 spiro atoms. The van der Waals surface area contributed by atoms with E-state index in [9.17, 15) is 18.4 Å². The minimum Gasteiger partial charge on any atom is -0.481 e. The lowest BCUT2D eigenvalue weighted by atomic mass is 9.98. The standard InChI is InChI=1S/C18H18F2N2O4/c19-12-3-4-13(14(20)8-12)15-9-21-16(26-15)5-6-17(23)22-7-1-2-11(10-22)18(24)25/h3-4,8-9,11H,1-2,5-7,10H2,(H,24,25)/t11-/m0/s1. The summed E-state index contributed by atoms with van der Waals surface area (Å²) in [6.07, 6.45) is 2.91. The number of rotatable bonds is 5. The maximum Gasteiger partial charge on any atom is 0.308 e. The normalized spacial score (nSPS) is 17.3. The molecule has 1 aliphatic rings. The first-order valence-corrected chi connectivity index (χ1v) is 8.34. The smallest absolute Gasteiger partial charge is 0.308 e. The maximum absolute atomic E-state index is 13.8. The van der Waals surface area contributed by atoms with Crippen molar-refractivity contribution in [1.82, 2.24) is 9.88 Å². The third kappa shape index (κ3) is 4.07. The number of hydrogen-bond acceptors (Lipinski definition) is 4. The Labute approximate surface area is 148 Å². The van der Waals surface area contributed by atoms with E-state index in [4.69, 9.17) is 9.52 Å². The molecule has 1 N–H and O–H groups in total. The number of halogens is 2. The Morgan fingerprint density at radius 2 is 2.15 bits per heavy atom. The third-order valence-corrected chi connectivity index (χ3v) is 4.43. The molecule has 26 heavy (non-hydrogen) atoms. The number of piperidine rings is 1. The number of oxazole rings is 1. The maximum atomic E-state index is 13.8. The largest absolute Gasteiger partial charge is 0.481 e. The Balaban J connectivity index is 1.59. The van der Waals surface area contributed by atoms with Crippen LogP contribution in [-0.2, 0) is 16.0 Å². The van der Waals surface area contributed by atoms with Gasteiger partial charge in [-0.15, -0.1) is 0 Å². The van der Waals surface area contributed by atoms with Crippen molar-refractivity contribution >= 4 is 11.9 Å². The molecule has 3 rings (SSSR count). The molecule has 1 saturated heterocycles. The van der Waals surface area contributed by atoms with Crippen LogP contribution in [0.5, 0.6) is 0 Å². The van der Waals surface area contributed by atoms with Crippen molar-refractivity contribution in [3.05, 3.63) is 41.9 Å². The van der Waals surface area contributed by atoms with Crippen molar-refractivity contribution in [1.29, 1.82) is 0 Å². The van der Waals surface area contributed by atoms with Crippen LogP contribution in [0.4, 0.5) is 8.78 Å². The van der Waals surface area contributed by atoms with E-state index in [0.29, 0.717) is 19.4 Å². The summed E-state index contributed by atoms with van der Waals surface area (Å²) in [4.78, 5) is 28.9. The number of carbonyl (C=O) groups excluding carboxylic acids is 1. The molecule has 1 atom stereocenters. The van der Waals surface area contributed by atoms with Crippen LogP contribution in [0, 0.1) is 17.6 Å². The summed E-state index contributed by atoms with van der Waals surface area (Å²) in [6.45, 7) is 0.756. The molecule has 1 aliphatic heterocycles. The van der Waals surface area contributed by atoms with Crippen LogP contribution in [0.2, 0.25) is 0 Å². The number of aryl methyl sites for hydroxylation is 1. The van der Waals surface area contributed by atoms with E-state index in [1.807, 2.05) is 0 Å². The number of benzene rings is 1. The molecule has 6 nitrogen and oxygen atoms in total. The zero-order valence-electron chi connectivity index (χ0n) is 14.0. The number of likely N-dealkylation sites (tertiary alicyclic amines) is 1. The fraction of sp³-hybridized carbons (Fsp3) is 0.389. The van der Waals surface area contributed by atoms with Gasteiger partial charge in [-0.1, -0.05) is 0 Å². The molecule has 1 aromatic carbocycles.